The summed E-state index contributed by atoms with van der Waals surface area (Å²) in [5.41, 5.74) is 0. The van der Waals surface area contributed by atoms with Crippen molar-refractivity contribution in [3.63, 3.8) is 0 Å². The van der Waals surface area contributed by atoms with Crippen LogP contribution in [0.15, 0.2) is 46.3 Å². The van der Waals surface area contributed by atoms with Crippen molar-refractivity contribution < 1.29 is 0 Å². The zero-order valence-corrected chi connectivity index (χ0v) is 9.82. The highest BCUT2D eigenvalue weighted by Crippen LogP contribution is 2.63. The summed E-state index contributed by atoms with van der Waals surface area (Å²) in [7, 11) is 5.27. The molecular formula is C11H15ClS. The van der Waals surface area contributed by atoms with Crippen molar-refractivity contribution in [3.05, 3.63) is 46.3 Å². The third-order valence-electron chi connectivity index (χ3n) is 2.20. The SMILES string of the molecule is C/C1=C/C=C\C=C/C=C(/C)S1(C)Cl. The average Bonchev–Trinajstić information content (AvgIpc) is 2.12. The standard InChI is InChI=1S/C11H15ClS/c1-10-8-6-4-5-7-9-11(2)13(10,3)12/h4-9H,1-3H3/b6-4-,7-5-,10-8-,11-9-. The minimum atomic E-state index is -1.23. The third kappa shape index (κ3) is 2.52. The molecule has 0 fully saturated rings. The van der Waals surface area contributed by atoms with Gasteiger partial charge < -0.3 is 0 Å². The summed E-state index contributed by atoms with van der Waals surface area (Å²) in [6, 6.07) is 0. The first-order chi connectivity index (χ1) is 6.05. The molecule has 0 atom stereocenters. The maximum absolute atomic E-state index is 6.50. The van der Waals surface area contributed by atoms with Crippen LogP contribution in [-0.4, -0.2) is 6.26 Å². The lowest BCUT2D eigenvalue weighted by Crippen LogP contribution is -1.91. The molecule has 0 bridgehead atoms. The molecular weight excluding hydrogens is 200 g/mol. The van der Waals surface area contributed by atoms with Crippen LogP contribution in [0.4, 0.5) is 0 Å². The van der Waals surface area contributed by atoms with Crippen molar-refractivity contribution in [1.29, 1.82) is 0 Å². The van der Waals surface area contributed by atoms with Gasteiger partial charge in [-0.25, -0.2) is 0 Å². The summed E-state index contributed by atoms with van der Waals surface area (Å²) in [6.45, 7) is 4.19. The topological polar surface area (TPSA) is 0 Å². The van der Waals surface area contributed by atoms with Crippen LogP contribution in [0.2, 0.25) is 0 Å². The molecule has 72 valence electrons. The fraction of sp³-hybridized carbons (Fsp3) is 0.273. The number of halogens is 1. The van der Waals surface area contributed by atoms with Crippen molar-refractivity contribution in [3.8, 4) is 0 Å². The highest BCUT2D eigenvalue weighted by Gasteiger charge is 2.18. The van der Waals surface area contributed by atoms with Gasteiger partial charge in [0.2, 0.25) is 0 Å². The van der Waals surface area contributed by atoms with E-state index in [2.05, 4.69) is 32.3 Å². The van der Waals surface area contributed by atoms with Crippen LogP contribution in [0.1, 0.15) is 13.8 Å². The number of hydrogen-bond donors (Lipinski definition) is 0. The number of allylic oxidation sites excluding steroid dienone is 8. The fourth-order valence-electron chi connectivity index (χ4n) is 1.02. The molecule has 1 rings (SSSR count). The Morgan fingerprint density at radius 3 is 1.69 bits per heavy atom. The van der Waals surface area contributed by atoms with Crippen molar-refractivity contribution >= 4 is 19.9 Å². The minimum Gasteiger partial charge on any atom is -0.120 e. The molecule has 0 radical (unpaired) electrons. The van der Waals surface area contributed by atoms with Gasteiger partial charge >= 0.3 is 0 Å². The fourth-order valence-corrected chi connectivity index (χ4v) is 2.50. The van der Waals surface area contributed by atoms with Gasteiger partial charge in [0.05, 0.1) is 0 Å². The molecule has 0 spiro atoms. The molecule has 1 aliphatic heterocycles. The summed E-state index contributed by atoms with van der Waals surface area (Å²) in [5, 5.41) is 0. The van der Waals surface area contributed by atoms with E-state index in [1.807, 2.05) is 24.3 Å². The van der Waals surface area contributed by atoms with Gasteiger partial charge in [0, 0.05) is 0 Å². The molecule has 0 aromatic rings. The molecule has 1 aliphatic rings. The number of rotatable bonds is 0. The van der Waals surface area contributed by atoms with E-state index in [0.717, 1.165) is 0 Å². The lowest BCUT2D eigenvalue weighted by atomic mass is 10.4. The van der Waals surface area contributed by atoms with Gasteiger partial charge in [-0.15, -0.1) is 9.24 Å². The van der Waals surface area contributed by atoms with E-state index in [1.54, 1.807) is 0 Å². The second-order valence-electron chi connectivity index (χ2n) is 3.14. The molecule has 0 saturated carbocycles. The Labute approximate surface area is 86.5 Å². The van der Waals surface area contributed by atoms with Crippen molar-refractivity contribution in [1.82, 2.24) is 0 Å². The third-order valence-corrected chi connectivity index (χ3v) is 6.36. The Morgan fingerprint density at radius 1 is 0.923 bits per heavy atom. The number of hydrogen-bond acceptors (Lipinski definition) is 0. The molecule has 0 aromatic heterocycles. The van der Waals surface area contributed by atoms with Crippen molar-refractivity contribution in [2.24, 2.45) is 0 Å². The first-order valence-electron chi connectivity index (χ1n) is 4.21. The van der Waals surface area contributed by atoms with Gasteiger partial charge in [0.1, 0.15) is 0 Å². The van der Waals surface area contributed by atoms with Gasteiger partial charge in [0.15, 0.2) is 0 Å². The first kappa shape index (κ1) is 10.7. The molecule has 0 saturated heterocycles. The quantitative estimate of drug-likeness (QED) is 0.557. The predicted molar refractivity (Wildman–Crippen MR) is 65.2 cm³/mol. The second kappa shape index (κ2) is 4.21. The van der Waals surface area contributed by atoms with E-state index in [9.17, 15) is 0 Å². The lowest BCUT2D eigenvalue weighted by molar-refractivity contribution is 1.61. The van der Waals surface area contributed by atoms with Crippen LogP contribution < -0.4 is 0 Å². The zero-order chi connectivity index (χ0) is 9.90. The molecule has 13 heavy (non-hydrogen) atoms. The van der Waals surface area contributed by atoms with Crippen LogP contribution in [-0.2, 0) is 0 Å². The summed E-state index contributed by atoms with van der Waals surface area (Å²) in [5.74, 6) is 0. The normalized spacial score (nSPS) is 36.6. The van der Waals surface area contributed by atoms with Crippen LogP contribution in [0.3, 0.4) is 0 Å². The Bertz CT molecular complexity index is 276. The van der Waals surface area contributed by atoms with Crippen LogP contribution in [0.25, 0.3) is 0 Å². The predicted octanol–water partition coefficient (Wildman–Crippen LogP) is 4.51. The van der Waals surface area contributed by atoms with Crippen LogP contribution in [0, 0.1) is 0 Å². The van der Waals surface area contributed by atoms with Crippen LogP contribution in [0.5, 0.6) is 0 Å². The highest BCUT2D eigenvalue weighted by atomic mass is 35.7. The minimum absolute atomic E-state index is 1.23. The van der Waals surface area contributed by atoms with E-state index in [-0.39, 0.29) is 0 Å². The maximum atomic E-state index is 6.50. The average molecular weight is 215 g/mol. The molecule has 1 heterocycles. The molecule has 0 nitrogen and oxygen atoms in total. The van der Waals surface area contributed by atoms with Gasteiger partial charge in [-0.05, 0) is 29.9 Å². The first-order valence-corrected chi connectivity index (χ1v) is 7.08. The smallest absolute Gasteiger partial charge is 0.0141 e. The van der Waals surface area contributed by atoms with Crippen LogP contribution >= 0.6 is 19.9 Å². The van der Waals surface area contributed by atoms with E-state index in [4.69, 9.17) is 10.7 Å². The Balaban J connectivity index is 3.15. The molecule has 0 aliphatic carbocycles. The van der Waals surface area contributed by atoms with Crippen molar-refractivity contribution in [2.45, 2.75) is 13.8 Å². The zero-order valence-electron chi connectivity index (χ0n) is 8.25. The Hall–Kier alpha value is -0.400. The van der Waals surface area contributed by atoms with E-state index in [1.165, 1.54) is 9.81 Å². The molecule has 0 N–H and O–H groups in total. The maximum Gasteiger partial charge on any atom is -0.0141 e. The monoisotopic (exact) mass is 214 g/mol. The van der Waals surface area contributed by atoms with E-state index >= 15 is 0 Å². The van der Waals surface area contributed by atoms with Gasteiger partial charge in [-0.1, -0.05) is 47.1 Å². The second-order valence-corrected chi connectivity index (χ2v) is 7.92. The summed E-state index contributed by atoms with van der Waals surface area (Å²) >= 11 is 0. The summed E-state index contributed by atoms with van der Waals surface area (Å²) in [6.07, 6.45) is 14.4. The largest absolute Gasteiger partial charge is 0.120 e. The summed E-state index contributed by atoms with van der Waals surface area (Å²) < 4.78 is 0. The van der Waals surface area contributed by atoms with Gasteiger partial charge in [-0.2, -0.15) is 0 Å². The van der Waals surface area contributed by atoms with Crippen molar-refractivity contribution in [2.75, 3.05) is 6.26 Å². The van der Waals surface area contributed by atoms with Gasteiger partial charge in [0.25, 0.3) is 0 Å². The Kier molecular flexibility index (Phi) is 3.46. The van der Waals surface area contributed by atoms with E-state index in [0.29, 0.717) is 0 Å². The molecule has 0 amide bonds. The summed E-state index contributed by atoms with van der Waals surface area (Å²) in [4.78, 5) is 2.51. The molecule has 0 aromatic carbocycles. The molecule has 0 unspecified atom stereocenters. The Morgan fingerprint density at radius 2 is 1.31 bits per heavy atom. The highest BCUT2D eigenvalue weighted by molar-refractivity contribution is 8.55. The van der Waals surface area contributed by atoms with Gasteiger partial charge in [-0.3, -0.25) is 0 Å². The lowest BCUT2D eigenvalue weighted by Gasteiger charge is -2.29. The molecule has 2 heteroatoms. The van der Waals surface area contributed by atoms with E-state index < -0.39 is 9.24 Å².